The molecule has 0 radical (unpaired) electrons. The second-order valence-corrected chi connectivity index (χ2v) is 7.23. The molecular formula is C20H28FIN4O. The average molecular weight is 486 g/mol. The zero-order valence-corrected chi connectivity index (χ0v) is 18.4. The van der Waals surface area contributed by atoms with E-state index in [9.17, 15) is 4.39 Å². The van der Waals surface area contributed by atoms with E-state index in [1.54, 1.807) is 18.4 Å². The van der Waals surface area contributed by atoms with Gasteiger partial charge in [-0.2, -0.15) is 0 Å². The molecule has 2 heterocycles. The van der Waals surface area contributed by atoms with Crippen LogP contribution in [0.2, 0.25) is 0 Å². The van der Waals surface area contributed by atoms with E-state index in [0.717, 1.165) is 43.3 Å². The monoisotopic (exact) mass is 486 g/mol. The first-order valence-electron chi connectivity index (χ1n) is 9.21. The Labute approximate surface area is 177 Å². The largest absolute Gasteiger partial charge is 0.444 e. The van der Waals surface area contributed by atoms with Gasteiger partial charge < -0.3 is 14.6 Å². The molecule has 3 rings (SSSR count). The number of hydrogen-bond acceptors (Lipinski definition) is 3. The number of halogens is 2. The number of guanidine groups is 1. The maximum atomic E-state index is 13.0. The molecule has 1 fully saturated rings. The Kier molecular flexibility index (Phi) is 8.07. The summed E-state index contributed by atoms with van der Waals surface area (Å²) in [4.78, 5) is 11.3. The van der Waals surface area contributed by atoms with Gasteiger partial charge in [-0.3, -0.25) is 4.99 Å². The Morgan fingerprint density at radius 2 is 1.93 bits per heavy atom. The molecule has 1 aliphatic heterocycles. The van der Waals surface area contributed by atoms with E-state index in [-0.39, 0.29) is 29.8 Å². The fraction of sp³-hybridized carbons (Fsp3) is 0.500. The number of oxazole rings is 1. The number of aromatic nitrogens is 1. The summed E-state index contributed by atoms with van der Waals surface area (Å²) in [6.07, 6.45) is 3.68. The summed E-state index contributed by atoms with van der Waals surface area (Å²) in [5.41, 5.74) is 1.64. The van der Waals surface area contributed by atoms with Gasteiger partial charge in [-0.05, 0) is 42.5 Å². The van der Waals surface area contributed by atoms with Gasteiger partial charge in [0.25, 0.3) is 0 Å². The molecule has 2 unspecified atom stereocenters. The Bertz CT molecular complexity index is 737. The van der Waals surface area contributed by atoms with Crippen molar-refractivity contribution in [1.29, 1.82) is 0 Å². The lowest BCUT2D eigenvalue weighted by Crippen LogP contribution is -2.48. The standard InChI is InChI=1S/C20H27FN4O.HI/c1-14-10-15(2)12-25(11-14)20(22-3)23-9-8-18-13-26-19(24-18)16-4-6-17(21)7-5-16;/h4-7,13-15H,8-12H2,1-3H3,(H,22,23);1H. The number of benzene rings is 1. The number of nitrogens with one attached hydrogen (secondary N) is 1. The molecule has 0 bridgehead atoms. The van der Waals surface area contributed by atoms with Crippen molar-refractivity contribution in [3.05, 3.63) is 42.0 Å². The molecule has 1 aliphatic rings. The van der Waals surface area contributed by atoms with Gasteiger partial charge in [0.05, 0.1) is 5.69 Å². The highest BCUT2D eigenvalue weighted by Gasteiger charge is 2.23. The Balaban J connectivity index is 0.00000261. The fourth-order valence-electron chi connectivity index (χ4n) is 3.62. The fourth-order valence-corrected chi connectivity index (χ4v) is 3.62. The van der Waals surface area contributed by atoms with Gasteiger partial charge >= 0.3 is 0 Å². The second-order valence-electron chi connectivity index (χ2n) is 7.23. The van der Waals surface area contributed by atoms with Gasteiger partial charge in [0.1, 0.15) is 12.1 Å². The third kappa shape index (κ3) is 5.92. The topological polar surface area (TPSA) is 53.7 Å². The predicted octanol–water partition coefficient (Wildman–Crippen LogP) is 4.19. The Morgan fingerprint density at radius 1 is 1.26 bits per heavy atom. The van der Waals surface area contributed by atoms with Crippen LogP contribution in [0.3, 0.4) is 0 Å². The summed E-state index contributed by atoms with van der Waals surface area (Å²) >= 11 is 0. The van der Waals surface area contributed by atoms with Crippen LogP contribution >= 0.6 is 24.0 Å². The number of nitrogens with zero attached hydrogens (tertiary/aromatic N) is 3. The van der Waals surface area contributed by atoms with Crippen LogP contribution in [0.25, 0.3) is 11.5 Å². The minimum absolute atomic E-state index is 0. The highest BCUT2D eigenvalue weighted by molar-refractivity contribution is 14.0. The summed E-state index contributed by atoms with van der Waals surface area (Å²) in [5, 5.41) is 3.43. The van der Waals surface area contributed by atoms with Gasteiger partial charge in [0.2, 0.25) is 5.89 Å². The zero-order chi connectivity index (χ0) is 18.5. The molecule has 1 saturated heterocycles. The lowest BCUT2D eigenvalue weighted by Gasteiger charge is -2.37. The molecule has 0 amide bonds. The highest BCUT2D eigenvalue weighted by atomic mass is 127. The quantitative estimate of drug-likeness (QED) is 0.400. The van der Waals surface area contributed by atoms with Crippen LogP contribution in [-0.2, 0) is 6.42 Å². The third-order valence-electron chi connectivity index (χ3n) is 4.69. The minimum Gasteiger partial charge on any atom is -0.444 e. The van der Waals surface area contributed by atoms with E-state index in [1.165, 1.54) is 18.6 Å². The van der Waals surface area contributed by atoms with Crippen LogP contribution in [0.1, 0.15) is 26.0 Å². The van der Waals surface area contributed by atoms with Crippen molar-refractivity contribution in [1.82, 2.24) is 15.2 Å². The zero-order valence-electron chi connectivity index (χ0n) is 16.1. The van der Waals surface area contributed by atoms with E-state index < -0.39 is 0 Å². The number of aliphatic imine (C=N–C) groups is 1. The van der Waals surface area contributed by atoms with Gasteiger partial charge in [0, 0.05) is 38.7 Å². The van der Waals surface area contributed by atoms with Crippen molar-refractivity contribution in [3.8, 4) is 11.5 Å². The molecule has 0 spiro atoms. The molecule has 2 aromatic rings. The number of rotatable bonds is 4. The number of piperidine rings is 1. The summed E-state index contributed by atoms with van der Waals surface area (Å²) in [7, 11) is 1.83. The molecule has 1 N–H and O–H groups in total. The third-order valence-corrected chi connectivity index (χ3v) is 4.69. The van der Waals surface area contributed by atoms with Crippen molar-refractivity contribution in [2.75, 3.05) is 26.7 Å². The van der Waals surface area contributed by atoms with Crippen molar-refractivity contribution >= 4 is 29.9 Å². The summed E-state index contributed by atoms with van der Waals surface area (Å²) in [5.74, 6) is 2.57. The van der Waals surface area contributed by atoms with Crippen molar-refractivity contribution in [3.63, 3.8) is 0 Å². The van der Waals surface area contributed by atoms with Crippen molar-refractivity contribution in [2.24, 2.45) is 16.8 Å². The molecule has 0 saturated carbocycles. The molecule has 5 nitrogen and oxygen atoms in total. The van der Waals surface area contributed by atoms with Gasteiger partial charge in [0.15, 0.2) is 5.96 Å². The van der Waals surface area contributed by atoms with Crippen LogP contribution < -0.4 is 5.32 Å². The second kappa shape index (κ2) is 10.1. The summed E-state index contributed by atoms with van der Waals surface area (Å²) in [6, 6.07) is 6.16. The molecular weight excluding hydrogens is 458 g/mol. The highest BCUT2D eigenvalue weighted by Crippen LogP contribution is 2.21. The Morgan fingerprint density at radius 3 is 2.56 bits per heavy atom. The van der Waals surface area contributed by atoms with Crippen LogP contribution in [-0.4, -0.2) is 42.5 Å². The van der Waals surface area contributed by atoms with E-state index >= 15 is 0 Å². The van der Waals surface area contributed by atoms with Gasteiger partial charge in [-0.1, -0.05) is 13.8 Å². The normalized spacial score (nSPS) is 20.3. The molecule has 27 heavy (non-hydrogen) atoms. The lowest BCUT2D eigenvalue weighted by molar-refractivity contribution is 0.208. The maximum Gasteiger partial charge on any atom is 0.226 e. The first-order chi connectivity index (χ1) is 12.5. The first kappa shape index (κ1) is 21.7. The number of likely N-dealkylation sites (tertiary alicyclic amines) is 1. The molecule has 2 atom stereocenters. The van der Waals surface area contributed by atoms with Gasteiger partial charge in [-0.15, -0.1) is 24.0 Å². The van der Waals surface area contributed by atoms with Crippen LogP contribution in [0.15, 0.2) is 39.9 Å². The van der Waals surface area contributed by atoms with Gasteiger partial charge in [-0.25, -0.2) is 9.37 Å². The van der Waals surface area contributed by atoms with Crippen LogP contribution in [0.4, 0.5) is 4.39 Å². The number of hydrogen-bond donors (Lipinski definition) is 1. The summed E-state index contributed by atoms with van der Waals surface area (Å²) < 4.78 is 18.5. The van der Waals surface area contributed by atoms with Crippen LogP contribution in [0.5, 0.6) is 0 Å². The van der Waals surface area contributed by atoms with Crippen LogP contribution in [0, 0.1) is 17.7 Å². The smallest absolute Gasteiger partial charge is 0.226 e. The lowest BCUT2D eigenvalue weighted by atomic mass is 9.92. The average Bonchev–Trinajstić information content (AvgIpc) is 3.07. The SMILES string of the molecule is CN=C(NCCc1coc(-c2ccc(F)cc2)n1)N1CC(C)CC(C)C1.I. The van der Waals surface area contributed by atoms with Crippen molar-refractivity contribution in [2.45, 2.75) is 26.7 Å². The molecule has 1 aromatic carbocycles. The minimum atomic E-state index is -0.266. The Hall–Kier alpha value is -1.64. The van der Waals surface area contributed by atoms with Crippen molar-refractivity contribution < 1.29 is 8.81 Å². The molecule has 1 aromatic heterocycles. The summed E-state index contributed by atoms with van der Waals surface area (Å²) in [6.45, 7) is 7.41. The maximum absolute atomic E-state index is 13.0. The molecule has 7 heteroatoms. The van der Waals surface area contributed by atoms with E-state index in [1.807, 2.05) is 7.05 Å². The van der Waals surface area contributed by atoms with E-state index in [2.05, 4.69) is 34.0 Å². The molecule has 148 valence electrons. The van der Waals surface area contributed by atoms with E-state index in [4.69, 9.17) is 4.42 Å². The molecule has 0 aliphatic carbocycles. The first-order valence-corrected chi connectivity index (χ1v) is 9.21. The van der Waals surface area contributed by atoms with E-state index in [0.29, 0.717) is 17.7 Å². The predicted molar refractivity (Wildman–Crippen MR) is 117 cm³/mol.